The fraction of sp³-hybridized carbons (Fsp3) is 0.125. The van der Waals surface area contributed by atoms with E-state index in [9.17, 15) is 19.7 Å². The second-order valence-corrected chi connectivity index (χ2v) is 5.26. The van der Waals surface area contributed by atoms with E-state index in [2.05, 4.69) is 5.32 Å². The summed E-state index contributed by atoms with van der Waals surface area (Å²) in [6, 6.07) is 11.1. The molecule has 124 valence electrons. The molecule has 2 rings (SSSR count). The van der Waals surface area contributed by atoms with Crippen LogP contribution in [0.3, 0.4) is 0 Å². The number of carbonyl (C=O) groups excluding carboxylic acids is 2. The predicted molar refractivity (Wildman–Crippen MR) is 87.1 cm³/mol. The molecule has 0 aliphatic rings. The number of hydrogen-bond donors (Lipinski definition) is 1. The summed E-state index contributed by atoms with van der Waals surface area (Å²) in [6.45, 7) is 1.45. The molecule has 0 bridgehead atoms. The van der Waals surface area contributed by atoms with Crippen molar-refractivity contribution < 1.29 is 19.2 Å². The zero-order chi connectivity index (χ0) is 17.7. The lowest BCUT2D eigenvalue weighted by molar-refractivity contribution is -0.384. The fourth-order valence-electron chi connectivity index (χ4n) is 1.83. The Morgan fingerprint density at radius 3 is 2.50 bits per heavy atom. The van der Waals surface area contributed by atoms with Gasteiger partial charge in [-0.05, 0) is 31.2 Å². The van der Waals surface area contributed by atoms with Crippen molar-refractivity contribution in [2.75, 3.05) is 0 Å². The molecule has 0 saturated carbocycles. The molecular weight excluding hydrogens is 336 g/mol. The van der Waals surface area contributed by atoms with Crippen LogP contribution in [0.2, 0.25) is 5.02 Å². The number of nitro groups is 1. The van der Waals surface area contributed by atoms with Gasteiger partial charge in [0.1, 0.15) is 16.8 Å². The van der Waals surface area contributed by atoms with E-state index in [1.54, 1.807) is 30.3 Å². The molecule has 2 aromatic carbocycles. The molecule has 0 heterocycles. The van der Waals surface area contributed by atoms with E-state index in [4.69, 9.17) is 16.3 Å². The maximum Gasteiger partial charge on any atom is 0.333 e. The van der Waals surface area contributed by atoms with E-state index in [-0.39, 0.29) is 16.3 Å². The molecular formula is C16H13ClN2O5. The van der Waals surface area contributed by atoms with E-state index in [0.717, 1.165) is 6.07 Å². The smallest absolute Gasteiger partial charge is 0.333 e. The molecule has 0 aliphatic heterocycles. The van der Waals surface area contributed by atoms with Crippen LogP contribution >= 0.6 is 11.6 Å². The van der Waals surface area contributed by atoms with Crippen LogP contribution in [0.15, 0.2) is 48.5 Å². The number of carbonyl (C=O) groups is 2. The Balaban J connectivity index is 2.04. The lowest BCUT2D eigenvalue weighted by Crippen LogP contribution is -2.40. The van der Waals surface area contributed by atoms with Gasteiger partial charge in [-0.15, -0.1) is 0 Å². The summed E-state index contributed by atoms with van der Waals surface area (Å²) in [5.74, 6) is -0.948. The van der Waals surface area contributed by atoms with Crippen LogP contribution in [0.4, 0.5) is 5.69 Å². The molecule has 1 amide bonds. The lowest BCUT2D eigenvalue weighted by atomic mass is 10.1. The maximum atomic E-state index is 12.1. The highest BCUT2D eigenvalue weighted by atomic mass is 35.5. The van der Waals surface area contributed by atoms with Gasteiger partial charge < -0.3 is 10.1 Å². The third kappa shape index (κ3) is 4.30. The Morgan fingerprint density at radius 1 is 1.21 bits per heavy atom. The zero-order valence-electron chi connectivity index (χ0n) is 12.6. The maximum absolute atomic E-state index is 12.1. The van der Waals surface area contributed by atoms with Gasteiger partial charge in [0.25, 0.3) is 11.6 Å². The molecule has 8 heteroatoms. The number of hydrogen-bond acceptors (Lipinski definition) is 5. The third-order valence-electron chi connectivity index (χ3n) is 3.07. The van der Waals surface area contributed by atoms with Crippen molar-refractivity contribution in [2.45, 2.75) is 13.0 Å². The number of nitrogens with one attached hydrogen (secondary N) is 1. The number of halogens is 1. The highest BCUT2D eigenvalue weighted by Crippen LogP contribution is 2.25. The van der Waals surface area contributed by atoms with Gasteiger partial charge in [-0.2, -0.15) is 0 Å². The number of benzene rings is 2. The monoisotopic (exact) mass is 348 g/mol. The summed E-state index contributed by atoms with van der Waals surface area (Å²) in [7, 11) is 0. The van der Waals surface area contributed by atoms with Crippen LogP contribution in [0.1, 0.15) is 17.3 Å². The van der Waals surface area contributed by atoms with Gasteiger partial charge in [-0.3, -0.25) is 14.9 Å². The van der Waals surface area contributed by atoms with Gasteiger partial charge in [-0.25, -0.2) is 4.79 Å². The number of esters is 1. The molecule has 7 nitrogen and oxygen atoms in total. The number of rotatable bonds is 5. The summed E-state index contributed by atoms with van der Waals surface area (Å²) in [5, 5.41) is 13.2. The quantitative estimate of drug-likeness (QED) is 0.387. The molecule has 0 fully saturated rings. The highest BCUT2D eigenvalue weighted by Gasteiger charge is 2.21. The summed E-state index contributed by atoms with van der Waals surface area (Å²) in [4.78, 5) is 34.2. The van der Waals surface area contributed by atoms with E-state index in [0.29, 0.717) is 5.75 Å². The molecule has 0 spiro atoms. The third-order valence-corrected chi connectivity index (χ3v) is 3.39. The first-order chi connectivity index (χ1) is 11.4. The van der Waals surface area contributed by atoms with Crippen molar-refractivity contribution in [1.82, 2.24) is 5.32 Å². The average Bonchev–Trinajstić information content (AvgIpc) is 2.55. The lowest BCUT2D eigenvalue weighted by Gasteiger charge is -2.13. The average molecular weight is 349 g/mol. The minimum Gasteiger partial charge on any atom is -0.425 e. The summed E-state index contributed by atoms with van der Waals surface area (Å²) in [5.41, 5.74) is -0.366. The zero-order valence-corrected chi connectivity index (χ0v) is 13.3. The predicted octanol–water partition coefficient (Wildman–Crippen LogP) is 2.97. The molecule has 0 aliphatic carbocycles. The summed E-state index contributed by atoms with van der Waals surface area (Å²) < 4.78 is 5.11. The standard InChI is InChI=1S/C16H13ClN2O5/c1-10(16(21)24-12-5-3-2-4-6-12)18-15(20)11-7-8-13(17)14(9-11)19(22)23/h2-10H,1H3,(H,18,20)/t10-/m0/s1. The van der Waals surface area contributed by atoms with Crippen molar-refractivity contribution in [2.24, 2.45) is 0 Å². The van der Waals surface area contributed by atoms with E-state index in [1.165, 1.54) is 19.1 Å². The first-order valence-corrected chi connectivity index (χ1v) is 7.28. The van der Waals surface area contributed by atoms with E-state index in [1.807, 2.05) is 0 Å². The van der Waals surface area contributed by atoms with Gasteiger partial charge in [0.2, 0.25) is 0 Å². The number of amides is 1. The van der Waals surface area contributed by atoms with Crippen LogP contribution < -0.4 is 10.1 Å². The normalized spacial score (nSPS) is 11.4. The van der Waals surface area contributed by atoms with Crippen LogP contribution in [0.25, 0.3) is 0 Å². The van der Waals surface area contributed by atoms with Gasteiger partial charge in [-0.1, -0.05) is 29.8 Å². The van der Waals surface area contributed by atoms with E-state index < -0.39 is 22.8 Å². The molecule has 24 heavy (non-hydrogen) atoms. The van der Waals surface area contributed by atoms with Gasteiger partial charge >= 0.3 is 5.97 Å². The van der Waals surface area contributed by atoms with Crippen molar-refractivity contribution in [3.63, 3.8) is 0 Å². The Labute approximate surface area is 142 Å². The number of ether oxygens (including phenoxy) is 1. The minimum atomic E-state index is -0.938. The molecule has 0 unspecified atom stereocenters. The first-order valence-electron chi connectivity index (χ1n) is 6.90. The van der Waals surface area contributed by atoms with E-state index >= 15 is 0 Å². The number of nitro benzene ring substituents is 1. The van der Waals surface area contributed by atoms with Crippen molar-refractivity contribution in [1.29, 1.82) is 0 Å². The van der Waals surface area contributed by atoms with Crippen LogP contribution in [0, 0.1) is 10.1 Å². The highest BCUT2D eigenvalue weighted by molar-refractivity contribution is 6.32. The van der Waals surface area contributed by atoms with Crippen LogP contribution in [-0.2, 0) is 4.79 Å². The molecule has 0 radical (unpaired) electrons. The minimum absolute atomic E-state index is 0.0189. The second kappa shape index (κ2) is 7.56. The van der Waals surface area contributed by atoms with Crippen molar-refractivity contribution >= 4 is 29.2 Å². The Bertz CT molecular complexity index is 779. The number of para-hydroxylation sites is 1. The largest absolute Gasteiger partial charge is 0.425 e. The molecule has 2 aromatic rings. The summed E-state index contributed by atoms with van der Waals surface area (Å²) >= 11 is 5.69. The summed E-state index contributed by atoms with van der Waals surface area (Å²) in [6.07, 6.45) is 0. The molecule has 0 aromatic heterocycles. The topological polar surface area (TPSA) is 98.5 Å². The first kappa shape index (κ1) is 17.4. The van der Waals surface area contributed by atoms with Gasteiger partial charge in [0, 0.05) is 11.6 Å². The number of nitrogens with zero attached hydrogens (tertiary/aromatic N) is 1. The van der Waals surface area contributed by atoms with Crippen LogP contribution in [0.5, 0.6) is 5.75 Å². The Morgan fingerprint density at radius 2 is 1.88 bits per heavy atom. The Kier molecular flexibility index (Phi) is 5.49. The second-order valence-electron chi connectivity index (χ2n) is 4.85. The SMILES string of the molecule is C[C@H](NC(=O)c1ccc(Cl)c([N+](=O)[O-])c1)C(=O)Oc1ccccc1. The Hall–Kier alpha value is -2.93. The van der Waals surface area contributed by atoms with Crippen molar-refractivity contribution in [3.05, 3.63) is 69.2 Å². The van der Waals surface area contributed by atoms with Gasteiger partial charge in [0.05, 0.1) is 4.92 Å². The molecule has 1 atom stereocenters. The van der Waals surface area contributed by atoms with Gasteiger partial charge in [0.15, 0.2) is 0 Å². The van der Waals surface area contributed by atoms with Crippen LogP contribution in [-0.4, -0.2) is 22.8 Å². The molecule has 0 saturated heterocycles. The molecule has 1 N–H and O–H groups in total. The van der Waals surface area contributed by atoms with Crippen molar-refractivity contribution in [3.8, 4) is 5.75 Å². The fourth-order valence-corrected chi connectivity index (χ4v) is 2.01.